The van der Waals surface area contributed by atoms with Crippen LogP contribution in [0.4, 0.5) is 0 Å². The van der Waals surface area contributed by atoms with Gasteiger partial charge in [0.2, 0.25) is 0 Å². The lowest BCUT2D eigenvalue weighted by atomic mass is 9.72. The topological polar surface area (TPSA) is 26.3 Å². The molecule has 0 N–H and O–H groups in total. The summed E-state index contributed by atoms with van der Waals surface area (Å²) in [6.07, 6.45) is 0.864. The van der Waals surface area contributed by atoms with Gasteiger partial charge in [-0.15, -0.1) is 0 Å². The van der Waals surface area contributed by atoms with Gasteiger partial charge in [-0.2, -0.15) is 0 Å². The molecular weight excluding hydrogens is 175 g/mol. The predicted octanol–water partition coefficient (Wildman–Crippen LogP) is 2.18. The van der Waals surface area contributed by atoms with Gasteiger partial charge in [0.05, 0.1) is 5.92 Å². The fourth-order valence-electron chi connectivity index (χ4n) is 1.50. The summed E-state index contributed by atoms with van der Waals surface area (Å²) in [7, 11) is 1.46. The zero-order valence-corrected chi connectivity index (χ0v) is 10.6. The third-order valence-corrected chi connectivity index (χ3v) is 2.35. The summed E-state index contributed by atoms with van der Waals surface area (Å²) in [6.45, 7) is 12.7. The van der Waals surface area contributed by atoms with E-state index >= 15 is 0 Å². The maximum atomic E-state index is 11.6. The molecule has 0 fully saturated rings. The lowest BCUT2D eigenvalue weighted by molar-refractivity contribution is -0.143. The summed E-state index contributed by atoms with van der Waals surface area (Å²) in [4.78, 5) is 11.6. The molecule has 2 nitrogen and oxygen atoms in total. The first kappa shape index (κ1) is 13.5. The quantitative estimate of drug-likeness (QED) is 0.635. The van der Waals surface area contributed by atoms with Crippen LogP contribution in [0, 0.1) is 16.7 Å². The largest absolute Gasteiger partial charge is 0.543 e. The van der Waals surface area contributed by atoms with Gasteiger partial charge in [-0.3, -0.25) is 4.79 Å². The first-order valence-corrected chi connectivity index (χ1v) is 5.16. The standard InChI is InChI=1S/C11H23BO2/c1-10(2,3)7-8(9(13)14-12)11(4,5)6/h8H,7,12H2,1-6H3. The Morgan fingerprint density at radius 1 is 1.21 bits per heavy atom. The van der Waals surface area contributed by atoms with Gasteiger partial charge >= 0.3 is 8.05 Å². The summed E-state index contributed by atoms with van der Waals surface area (Å²) in [5.41, 5.74) is 0.131. The number of hydrogen-bond acceptors (Lipinski definition) is 2. The Bertz CT molecular complexity index is 198. The van der Waals surface area contributed by atoms with E-state index in [1.54, 1.807) is 0 Å². The smallest absolute Gasteiger partial charge is 0.325 e. The van der Waals surface area contributed by atoms with E-state index in [-0.39, 0.29) is 22.7 Å². The van der Waals surface area contributed by atoms with E-state index in [0.717, 1.165) is 6.42 Å². The molecule has 0 aromatic carbocycles. The highest BCUT2D eigenvalue weighted by atomic mass is 16.5. The maximum Gasteiger partial charge on any atom is 0.325 e. The SMILES string of the molecule is BOC(=O)C(CC(C)(C)C)C(C)(C)C. The van der Waals surface area contributed by atoms with Crippen LogP contribution in [0.1, 0.15) is 48.0 Å². The van der Waals surface area contributed by atoms with E-state index in [4.69, 9.17) is 4.65 Å². The van der Waals surface area contributed by atoms with Crippen molar-refractivity contribution in [1.82, 2.24) is 0 Å². The molecule has 0 aliphatic rings. The minimum atomic E-state index is -0.0903. The first-order valence-electron chi connectivity index (χ1n) is 5.16. The molecule has 1 atom stereocenters. The fraction of sp³-hybridized carbons (Fsp3) is 0.909. The van der Waals surface area contributed by atoms with Crippen LogP contribution < -0.4 is 0 Å². The summed E-state index contributed by atoms with van der Waals surface area (Å²) < 4.78 is 4.85. The molecule has 0 aliphatic carbocycles. The highest BCUT2D eigenvalue weighted by Crippen LogP contribution is 2.36. The van der Waals surface area contributed by atoms with Crippen molar-refractivity contribution in [2.24, 2.45) is 16.7 Å². The summed E-state index contributed by atoms with van der Waals surface area (Å²) in [6, 6.07) is 0. The Morgan fingerprint density at radius 2 is 1.64 bits per heavy atom. The van der Waals surface area contributed by atoms with Gasteiger partial charge in [0, 0.05) is 0 Å². The van der Waals surface area contributed by atoms with Gasteiger partial charge in [0.15, 0.2) is 0 Å². The van der Waals surface area contributed by atoms with Crippen molar-refractivity contribution < 1.29 is 9.45 Å². The third-order valence-electron chi connectivity index (χ3n) is 2.35. The monoisotopic (exact) mass is 198 g/mol. The molecule has 0 saturated heterocycles. The van der Waals surface area contributed by atoms with Gasteiger partial charge in [0.1, 0.15) is 0 Å². The molecule has 82 valence electrons. The van der Waals surface area contributed by atoms with E-state index in [1.165, 1.54) is 8.05 Å². The van der Waals surface area contributed by atoms with Gasteiger partial charge in [-0.1, -0.05) is 41.5 Å². The highest BCUT2D eigenvalue weighted by Gasteiger charge is 2.34. The van der Waals surface area contributed by atoms with Crippen molar-refractivity contribution >= 4 is 14.0 Å². The second-order valence-corrected chi connectivity index (χ2v) is 6.21. The minimum Gasteiger partial charge on any atom is -0.543 e. The molecule has 0 spiro atoms. The lowest BCUT2D eigenvalue weighted by Gasteiger charge is -2.33. The zero-order valence-electron chi connectivity index (χ0n) is 10.6. The molecule has 0 aromatic heterocycles. The van der Waals surface area contributed by atoms with Crippen LogP contribution in [-0.2, 0) is 9.45 Å². The molecule has 0 bridgehead atoms. The molecule has 0 aromatic rings. The van der Waals surface area contributed by atoms with Crippen LogP contribution in [0.2, 0.25) is 0 Å². The van der Waals surface area contributed by atoms with Crippen molar-refractivity contribution in [1.29, 1.82) is 0 Å². The number of rotatable bonds is 2. The average molecular weight is 198 g/mol. The Hall–Kier alpha value is -0.465. The number of hydrogen-bond donors (Lipinski definition) is 0. The Labute approximate surface area is 88.9 Å². The Balaban J connectivity index is 4.67. The van der Waals surface area contributed by atoms with Crippen molar-refractivity contribution in [2.45, 2.75) is 48.0 Å². The minimum absolute atomic E-state index is 0.0208. The number of carbonyl (C=O) groups excluding carboxylic acids is 1. The Morgan fingerprint density at radius 3 is 1.86 bits per heavy atom. The van der Waals surface area contributed by atoms with E-state index in [9.17, 15) is 4.79 Å². The van der Waals surface area contributed by atoms with E-state index in [2.05, 4.69) is 41.5 Å². The first-order chi connectivity index (χ1) is 6.08. The molecule has 14 heavy (non-hydrogen) atoms. The van der Waals surface area contributed by atoms with Crippen LogP contribution in [0.15, 0.2) is 0 Å². The fourth-order valence-corrected chi connectivity index (χ4v) is 1.50. The van der Waals surface area contributed by atoms with Crippen molar-refractivity contribution in [2.75, 3.05) is 0 Å². The predicted molar refractivity (Wildman–Crippen MR) is 61.7 cm³/mol. The molecule has 0 radical (unpaired) electrons. The number of carbonyl (C=O) groups is 1. The molecule has 3 heteroatoms. The molecule has 0 saturated carbocycles. The van der Waals surface area contributed by atoms with Gasteiger partial charge < -0.3 is 4.65 Å². The third kappa shape index (κ3) is 4.68. The van der Waals surface area contributed by atoms with Crippen molar-refractivity contribution in [3.05, 3.63) is 0 Å². The summed E-state index contributed by atoms with van der Waals surface area (Å²) in [5, 5.41) is 0. The van der Waals surface area contributed by atoms with Crippen molar-refractivity contribution in [3.8, 4) is 0 Å². The second-order valence-electron chi connectivity index (χ2n) is 6.21. The molecule has 0 aliphatic heterocycles. The Kier molecular flexibility index (Phi) is 4.23. The van der Waals surface area contributed by atoms with Crippen LogP contribution >= 0.6 is 0 Å². The molecule has 0 rings (SSSR count). The van der Waals surface area contributed by atoms with Gasteiger partial charge in [0.25, 0.3) is 5.97 Å². The molecule has 0 amide bonds. The second kappa shape index (κ2) is 4.37. The average Bonchev–Trinajstić information content (AvgIpc) is 1.95. The van der Waals surface area contributed by atoms with E-state index in [1.807, 2.05) is 0 Å². The van der Waals surface area contributed by atoms with Crippen LogP contribution in [0.5, 0.6) is 0 Å². The van der Waals surface area contributed by atoms with Crippen LogP contribution in [0.3, 0.4) is 0 Å². The van der Waals surface area contributed by atoms with Crippen molar-refractivity contribution in [3.63, 3.8) is 0 Å². The van der Waals surface area contributed by atoms with Gasteiger partial charge in [-0.25, -0.2) is 0 Å². The van der Waals surface area contributed by atoms with Gasteiger partial charge in [-0.05, 0) is 17.3 Å². The summed E-state index contributed by atoms with van der Waals surface area (Å²) >= 11 is 0. The van der Waals surface area contributed by atoms with E-state index in [0.29, 0.717) is 0 Å². The normalized spacial score (nSPS) is 15.0. The maximum absolute atomic E-state index is 11.6. The highest BCUT2D eigenvalue weighted by molar-refractivity contribution is 6.05. The van der Waals surface area contributed by atoms with Crippen LogP contribution in [0.25, 0.3) is 0 Å². The molecule has 0 heterocycles. The molecule has 1 unspecified atom stereocenters. The zero-order chi connectivity index (χ0) is 11.6. The summed E-state index contributed by atoms with van der Waals surface area (Å²) in [5.74, 6) is -0.111. The van der Waals surface area contributed by atoms with Crippen LogP contribution in [-0.4, -0.2) is 14.0 Å². The molecular formula is C11H23BO2. The lowest BCUT2D eigenvalue weighted by Crippen LogP contribution is -2.33. The van der Waals surface area contributed by atoms with E-state index < -0.39 is 0 Å².